The van der Waals surface area contributed by atoms with Crippen LogP contribution in [-0.2, 0) is 14.3 Å². The minimum absolute atomic E-state index is 0.0841. The van der Waals surface area contributed by atoms with Crippen LogP contribution in [0.1, 0.15) is 42.5 Å². The molecule has 1 aromatic rings. The minimum atomic E-state index is -0.344. The summed E-state index contributed by atoms with van der Waals surface area (Å²) < 4.78 is 4.98. The Morgan fingerprint density at radius 3 is 2.46 bits per heavy atom. The van der Waals surface area contributed by atoms with Crippen LogP contribution in [0.2, 0.25) is 0 Å². The van der Waals surface area contributed by atoms with Gasteiger partial charge in [0.1, 0.15) is 6.04 Å². The zero-order valence-electron chi connectivity index (χ0n) is 16.8. The van der Waals surface area contributed by atoms with Gasteiger partial charge in [0.25, 0.3) is 5.91 Å². The third-order valence-electron chi connectivity index (χ3n) is 5.84. The number of carbonyl (C=O) groups is 3. The maximum absolute atomic E-state index is 12.6. The second-order valence-corrected chi connectivity index (χ2v) is 7.88. The highest BCUT2D eigenvalue weighted by Gasteiger charge is 2.46. The highest BCUT2D eigenvalue weighted by atomic mass is 16.5. The first-order valence-corrected chi connectivity index (χ1v) is 9.86. The lowest BCUT2D eigenvalue weighted by molar-refractivity contribution is -0.146. The van der Waals surface area contributed by atoms with E-state index in [-0.39, 0.29) is 36.4 Å². The number of benzene rings is 1. The van der Waals surface area contributed by atoms with Gasteiger partial charge in [-0.05, 0) is 49.4 Å². The lowest BCUT2D eigenvalue weighted by Gasteiger charge is -2.32. The molecule has 1 heterocycles. The number of carbonyl (C=O) groups excluding carboxylic acids is 3. The molecule has 0 bridgehead atoms. The molecular formula is C21H29N3O4. The highest BCUT2D eigenvalue weighted by molar-refractivity contribution is 5.96. The van der Waals surface area contributed by atoms with E-state index in [0.29, 0.717) is 17.2 Å². The number of amides is 2. The predicted molar refractivity (Wildman–Crippen MR) is 106 cm³/mol. The lowest BCUT2D eigenvalue weighted by atomic mass is 9.85. The molecule has 152 valence electrons. The molecular weight excluding hydrogens is 358 g/mol. The highest BCUT2D eigenvalue weighted by Crippen LogP contribution is 2.39. The molecule has 2 amide bonds. The van der Waals surface area contributed by atoms with Crippen molar-refractivity contribution < 1.29 is 19.1 Å². The number of fused-ring (bicyclic) bond motifs is 1. The van der Waals surface area contributed by atoms with Crippen LogP contribution in [0.25, 0.3) is 0 Å². The van der Waals surface area contributed by atoms with Crippen LogP contribution in [0.3, 0.4) is 0 Å². The number of rotatable bonds is 5. The quantitative estimate of drug-likeness (QED) is 0.783. The third kappa shape index (κ3) is 4.35. The Bertz CT molecular complexity index is 732. The molecule has 2 aliphatic rings. The number of hydrogen-bond acceptors (Lipinski definition) is 5. The van der Waals surface area contributed by atoms with Gasteiger partial charge in [-0.1, -0.05) is 12.8 Å². The first kappa shape index (κ1) is 20.3. The normalized spacial score (nSPS) is 24.3. The smallest absolute Gasteiger partial charge is 0.323 e. The van der Waals surface area contributed by atoms with E-state index < -0.39 is 0 Å². The topological polar surface area (TPSA) is 79.0 Å². The number of ether oxygens (including phenoxy) is 1. The molecule has 3 atom stereocenters. The summed E-state index contributed by atoms with van der Waals surface area (Å²) in [6.45, 7) is 0.166. The Morgan fingerprint density at radius 1 is 1.14 bits per heavy atom. The van der Waals surface area contributed by atoms with Crippen molar-refractivity contribution in [3.05, 3.63) is 29.8 Å². The maximum Gasteiger partial charge on any atom is 0.323 e. The summed E-state index contributed by atoms with van der Waals surface area (Å²) in [5.74, 6) is -0.0400. The summed E-state index contributed by atoms with van der Waals surface area (Å²) in [5.41, 5.74) is 1.20. The van der Waals surface area contributed by atoms with Crippen LogP contribution in [0.5, 0.6) is 0 Å². The van der Waals surface area contributed by atoms with Gasteiger partial charge >= 0.3 is 5.97 Å². The fourth-order valence-corrected chi connectivity index (χ4v) is 4.47. The summed E-state index contributed by atoms with van der Waals surface area (Å²) in [7, 11) is 4.80. The van der Waals surface area contributed by atoms with Gasteiger partial charge in [-0.25, -0.2) is 0 Å². The molecule has 0 aromatic heterocycles. The van der Waals surface area contributed by atoms with Crippen molar-refractivity contribution in [2.45, 2.75) is 44.2 Å². The number of methoxy groups -OCH3 is 1. The Morgan fingerprint density at radius 2 is 1.82 bits per heavy atom. The van der Waals surface area contributed by atoms with Crippen LogP contribution >= 0.6 is 0 Å². The van der Waals surface area contributed by atoms with Crippen molar-refractivity contribution in [1.29, 1.82) is 0 Å². The van der Waals surface area contributed by atoms with Crippen LogP contribution in [0, 0.1) is 5.92 Å². The Kier molecular flexibility index (Phi) is 6.34. The van der Waals surface area contributed by atoms with E-state index in [1.807, 2.05) is 4.90 Å². The third-order valence-corrected chi connectivity index (χ3v) is 5.84. The van der Waals surface area contributed by atoms with E-state index in [1.165, 1.54) is 18.4 Å². The van der Waals surface area contributed by atoms with Crippen LogP contribution < -0.4 is 5.32 Å². The molecule has 3 rings (SSSR count). The summed E-state index contributed by atoms with van der Waals surface area (Å²) in [6, 6.07) is 6.76. The van der Waals surface area contributed by atoms with Gasteiger partial charge in [0.2, 0.25) is 5.91 Å². The van der Waals surface area contributed by atoms with Gasteiger partial charge in [-0.2, -0.15) is 0 Å². The Balaban J connectivity index is 1.65. The Labute approximate surface area is 166 Å². The number of nitrogens with zero attached hydrogens (tertiary/aromatic N) is 2. The molecule has 1 aliphatic carbocycles. The first-order valence-electron chi connectivity index (χ1n) is 9.86. The van der Waals surface area contributed by atoms with Crippen molar-refractivity contribution in [3.63, 3.8) is 0 Å². The molecule has 3 unspecified atom stereocenters. The molecule has 0 spiro atoms. The van der Waals surface area contributed by atoms with E-state index in [4.69, 9.17) is 4.74 Å². The minimum Gasteiger partial charge on any atom is -0.468 e. The van der Waals surface area contributed by atoms with Crippen LogP contribution in [0.15, 0.2) is 24.3 Å². The zero-order valence-corrected chi connectivity index (χ0v) is 16.8. The summed E-state index contributed by atoms with van der Waals surface area (Å²) in [4.78, 5) is 40.4. The predicted octanol–water partition coefficient (Wildman–Crippen LogP) is 2.13. The van der Waals surface area contributed by atoms with Crippen LogP contribution in [-0.4, -0.2) is 67.4 Å². The van der Waals surface area contributed by atoms with E-state index in [1.54, 1.807) is 38.4 Å². The number of anilines is 1. The molecule has 1 aromatic carbocycles. The molecule has 28 heavy (non-hydrogen) atoms. The van der Waals surface area contributed by atoms with Crippen molar-refractivity contribution in [3.8, 4) is 0 Å². The summed E-state index contributed by atoms with van der Waals surface area (Å²) >= 11 is 0. The lowest BCUT2D eigenvalue weighted by Crippen LogP contribution is -2.46. The van der Waals surface area contributed by atoms with Crippen molar-refractivity contribution in [2.75, 3.05) is 33.1 Å². The Hall–Kier alpha value is -2.41. The fourth-order valence-electron chi connectivity index (χ4n) is 4.47. The molecule has 1 saturated heterocycles. The average molecular weight is 387 g/mol. The second kappa shape index (κ2) is 8.73. The van der Waals surface area contributed by atoms with E-state index >= 15 is 0 Å². The molecule has 1 saturated carbocycles. The van der Waals surface area contributed by atoms with Gasteiger partial charge < -0.3 is 15.0 Å². The van der Waals surface area contributed by atoms with E-state index in [9.17, 15) is 14.4 Å². The zero-order chi connectivity index (χ0) is 20.3. The largest absolute Gasteiger partial charge is 0.468 e. The van der Waals surface area contributed by atoms with Gasteiger partial charge in [0.05, 0.1) is 13.7 Å². The van der Waals surface area contributed by atoms with Gasteiger partial charge in [0, 0.05) is 31.4 Å². The standard InChI is InChI=1S/C21H29N3O4/c1-23(2)20(26)14-8-10-16(11-9-14)22-19(25)13-24-17-7-5-4-6-15(17)12-18(24)21(27)28-3/h8-11,15,17-18H,4-7,12-13H2,1-3H3,(H,22,25). The second-order valence-electron chi connectivity index (χ2n) is 7.88. The molecule has 1 N–H and O–H groups in total. The molecule has 0 radical (unpaired) electrons. The van der Waals surface area contributed by atoms with E-state index in [0.717, 1.165) is 25.7 Å². The summed E-state index contributed by atoms with van der Waals surface area (Å²) in [5, 5.41) is 2.88. The van der Waals surface area contributed by atoms with Crippen molar-refractivity contribution in [1.82, 2.24) is 9.80 Å². The number of esters is 1. The SMILES string of the molecule is COC(=O)C1CC2CCCCC2N1CC(=O)Nc1ccc(C(=O)N(C)C)cc1. The van der Waals surface area contributed by atoms with E-state index in [2.05, 4.69) is 5.32 Å². The van der Waals surface area contributed by atoms with Gasteiger partial charge in [-0.15, -0.1) is 0 Å². The monoisotopic (exact) mass is 387 g/mol. The fraction of sp³-hybridized carbons (Fsp3) is 0.571. The number of likely N-dealkylation sites (tertiary alicyclic amines) is 1. The van der Waals surface area contributed by atoms with Gasteiger partial charge in [0.15, 0.2) is 0 Å². The van der Waals surface area contributed by atoms with Crippen molar-refractivity contribution >= 4 is 23.5 Å². The average Bonchev–Trinajstić information content (AvgIpc) is 3.05. The summed E-state index contributed by atoms with van der Waals surface area (Å²) in [6.07, 6.45) is 5.22. The number of hydrogen-bond donors (Lipinski definition) is 1. The molecule has 7 nitrogen and oxygen atoms in total. The van der Waals surface area contributed by atoms with Crippen molar-refractivity contribution in [2.24, 2.45) is 5.92 Å². The maximum atomic E-state index is 12.6. The molecule has 7 heteroatoms. The first-order chi connectivity index (χ1) is 13.4. The molecule has 2 fully saturated rings. The van der Waals surface area contributed by atoms with Gasteiger partial charge in [-0.3, -0.25) is 19.3 Å². The number of nitrogens with one attached hydrogen (secondary N) is 1. The van der Waals surface area contributed by atoms with Crippen LogP contribution in [0.4, 0.5) is 5.69 Å². The molecule has 1 aliphatic heterocycles.